The molecule has 0 aliphatic heterocycles. The van der Waals surface area contributed by atoms with Gasteiger partial charge in [-0.1, -0.05) is 54.6 Å². The summed E-state index contributed by atoms with van der Waals surface area (Å²) in [7, 11) is 1.58. The lowest BCUT2D eigenvalue weighted by atomic mass is 9.94. The molecule has 0 aliphatic carbocycles. The van der Waals surface area contributed by atoms with Crippen LogP contribution in [0.4, 0.5) is 0 Å². The molecule has 0 unspecified atom stereocenters. The molecule has 0 heterocycles. The highest BCUT2D eigenvalue weighted by Gasteiger charge is 2.14. The third-order valence-electron chi connectivity index (χ3n) is 3.58. The minimum Gasteiger partial charge on any atom is -0.467 e. The largest absolute Gasteiger partial charge is 0.467 e. The highest BCUT2D eigenvalue weighted by atomic mass is 16.7. The zero-order valence-electron chi connectivity index (χ0n) is 12.3. The number of methoxy groups -OCH3 is 1. The summed E-state index contributed by atoms with van der Waals surface area (Å²) < 4.78 is 10.7. The Morgan fingerprint density at radius 3 is 2.55 bits per heavy atom. The second-order valence-electron chi connectivity index (χ2n) is 4.92. The first-order chi connectivity index (χ1) is 10.8. The van der Waals surface area contributed by atoms with Gasteiger partial charge in [0.1, 0.15) is 5.75 Å². The fraction of sp³-hybridized carbons (Fsp3) is 0.105. The lowest BCUT2D eigenvalue weighted by Gasteiger charge is -2.15. The maximum atomic E-state index is 11.4. The molecule has 0 spiro atoms. The number of rotatable bonds is 5. The van der Waals surface area contributed by atoms with Gasteiger partial charge in [-0.3, -0.25) is 4.79 Å². The molecule has 0 N–H and O–H groups in total. The van der Waals surface area contributed by atoms with Crippen molar-refractivity contribution in [2.24, 2.45) is 0 Å². The first-order valence-corrected chi connectivity index (χ1v) is 7.03. The van der Waals surface area contributed by atoms with E-state index in [-0.39, 0.29) is 6.79 Å². The van der Waals surface area contributed by atoms with Crippen molar-refractivity contribution in [1.82, 2.24) is 0 Å². The predicted molar refractivity (Wildman–Crippen MR) is 87.3 cm³/mol. The van der Waals surface area contributed by atoms with E-state index in [1.54, 1.807) is 7.11 Å². The molecular weight excluding hydrogens is 276 g/mol. The van der Waals surface area contributed by atoms with E-state index in [0.29, 0.717) is 11.3 Å². The second kappa shape index (κ2) is 6.41. The van der Waals surface area contributed by atoms with Crippen LogP contribution in [-0.2, 0) is 4.74 Å². The van der Waals surface area contributed by atoms with E-state index in [9.17, 15) is 4.79 Å². The summed E-state index contributed by atoms with van der Waals surface area (Å²) in [6.07, 6.45) is 0.872. The van der Waals surface area contributed by atoms with E-state index in [4.69, 9.17) is 9.47 Å². The van der Waals surface area contributed by atoms with E-state index < -0.39 is 0 Å². The normalized spacial score (nSPS) is 10.6. The zero-order chi connectivity index (χ0) is 15.4. The van der Waals surface area contributed by atoms with Gasteiger partial charge in [-0.25, -0.2) is 0 Å². The number of ether oxygens (including phenoxy) is 2. The fourth-order valence-corrected chi connectivity index (χ4v) is 2.60. The van der Waals surface area contributed by atoms with Crippen molar-refractivity contribution >= 4 is 17.1 Å². The number of hydrogen-bond donors (Lipinski definition) is 0. The molecule has 3 aromatic carbocycles. The highest BCUT2D eigenvalue weighted by molar-refractivity contribution is 6.03. The van der Waals surface area contributed by atoms with E-state index in [1.165, 1.54) is 0 Å². The van der Waals surface area contributed by atoms with E-state index >= 15 is 0 Å². The van der Waals surface area contributed by atoms with Crippen LogP contribution in [0.2, 0.25) is 0 Å². The van der Waals surface area contributed by atoms with Gasteiger partial charge in [-0.2, -0.15) is 0 Å². The van der Waals surface area contributed by atoms with Crippen LogP contribution in [0.25, 0.3) is 21.9 Å². The van der Waals surface area contributed by atoms with Crippen LogP contribution in [0.3, 0.4) is 0 Å². The van der Waals surface area contributed by atoms with Gasteiger partial charge in [0.25, 0.3) is 0 Å². The van der Waals surface area contributed by atoms with E-state index in [1.807, 2.05) is 60.7 Å². The summed E-state index contributed by atoms with van der Waals surface area (Å²) in [5.41, 5.74) is 2.42. The van der Waals surface area contributed by atoms with E-state index in [0.717, 1.165) is 28.2 Å². The van der Waals surface area contributed by atoms with Crippen molar-refractivity contribution in [3.05, 3.63) is 66.2 Å². The summed E-state index contributed by atoms with van der Waals surface area (Å²) >= 11 is 0. The number of carbonyl (C=O) groups is 1. The molecule has 3 aromatic rings. The minimum atomic E-state index is 0.161. The van der Waals surface area contributed by atoms with Crippen molar-refractivity contribution < 1.29 is 14.3 Å². The Bertz CT molecular complexity index is 809. The average molecular weight is 292 g/mol. The molecule has 3 heteroatoms. The van der Waals surface area contributed by atoms with Gasteiger partial charge in [-0.15, -0.1) is 0 Å². The summed E-state index contributed by atoms with van der Waals surface area (Å²) in [6.45, 7) is 0.161. The number of hydrogen-bond acceptors (Lipinski definition) is 3. The van der Waals surface area contributed by atoms with Crippen molar-refractivity contribution in [2.75, 3.05) is 13.9 Å². The number of carbonyl (C=O) groups excluding carboxylic acids is 1. The van der Waals surface area contributed by atoms with Gasteiger partial charge in [-0.05, 0) is 22.4 Å². The smallest absolute Gasteiger partial charge is 0.188 e. The summed E-state index contributed by atoms with van der Waals surface area (Å²) in [4.78, 5) is 11.4. The first kappa shape index (κ1) is 14.3. The molecule has 3 nitrogen and oxygen atoms in total. The Labute approximate surface area is 129 Å². The van der Waals surface area contributed by atoms with Crippen molar-refractivity contribution in [3.63, 3.8) is 0 Å². The molecule has 22 heavy (non-hydrogen) atoms. The predicted octanol–water partition coefficient (Wildman–Crippen LogP) is 4.30. The maximum absolute atomic E-state index is 11.4. The third kappa shape index (κ3) is 2.59. The Morgan fingerprint density at radius 2 is 1.73 bits per heavy atom. The van der Waals surface area contributed by atoms with Crippen molar-refractivity contribution in [3.8, 4) is 16.9 Å². The molecule has 0 aliphatic rings. The maximum Gasteiger partial charge on any atom is 0.188 e. The van der Waals surface area contributed by atoms with Gasteiger partial charge in [0.2, 0.25) is 0 Å². The average Bonchev–Trinajstić information content (AvgIpc) is 2.59. The molecule has 0 bridgehead atoms. The summed E-state index contributed by atoms with van der Waals surface area (Å²) in [5.74, 6) is 0.704. The summed E-state index contributed by atoms with van der Waals surface area (Å²) in [5, 5.41) is 2.15. The molecule has 3 rings (SSSR count). The molecule has 110 valence electrons. The lowest BCUT2D eigenvalue weighted by Crippen LogP contribution is -2.01. The van der Waals surface area contributed by atoms with Gasteiger partial charge < -0.3 is 9.47 Å². The highest BCUT2D eigenvalue weighted by Crippen LogP contribution is 2.38. The van der Waals surface area contributed by atoms with Crippen LogP contribution in [0.1, 0.15) is 10.4 Å². The van der Waals surface area contributed by atoms with Crippen LogP contribution in [0, 0.1) is 0 Å². The molecule has 0 saturated carbocycles. The van der Waals surface area contributed by atoms with E-state index in [2.05, 4.69) is 0 Å². The van der Waals surface area contributed by atoms with Gasteiger partial charge >= 0.3 is 0 Å². The minimum absolute atomic E-state index is 0.161. The molecule has 0 amide bonds. The zero-order valence-corrected chi connectivity index (χ0v) is 12.3. The topological polar surface area (TPSA) is 35.5 Å². The molecule has 0 atom stereocenters. The van der Waals surface area contributed by atoms with Crippen LogP contribution in [-0.4, -0.2) is 20.2 Å². The van der Waals surface area contributed by atoms with Gasteiger partial charge in [0, 0.05) is 18.2 Å². The Morgan fingerprint density at radius 1 is 0.955 bits per heavy atom. The third-order valence-corrected chi connectivity index (χ3v) is 3.58. The molecule has 0 saturated heterocycles. The van der Waals surface area contributed by atoms with Crippen LogP contribution >= 0.6 is 0 Å². The van der Waals surface area contributed by atoms with Gasteiger partial charge in [0.15, 0.2) is 13.1 Å². The Hall–Kier alpha value is -2.65. The van der Waals surface area contributed by atoms with Crippen LogP contribution < -0.4 is 4.74 Å². The molecule has 0 aromatic heterocycles. The SMILES string of the molecule is COCOc1ccc2ccccc2c1-c1ccccc1C=O. The standard InChI is InChI=1S/C19H16O3/c1-21-13-22-18-11-10-14-6-2-4-8-16(14)19(18)17-9-5-3-7-15(17)12-20/h2-12H,13H2,1H3. The quantitative estimate of drug-likeness (QED) is 0.519. The lowest BCUT2D eigenvalue weighted by molar-refractivity contribution is 0.0516. The second-order valence-corrected chi connectivity index (χ2v) is 4.92. The molecular formula is C19H16O3. The van der Waals surface area contributed by atoms with Crippen molar-refractivity contribution in [2.45, 2.75) is 0 Å². The Kier molecular flexibility index (Phi) is 4.17. The number of aldehydes is 1. The molecule has 0 fully saturated rings. The Balaban J connectivity index is 2.30. The summed E-state index contributed by atoms with van der Waals surface area (Å²) in [6, 6.07) is 19.5. The monoisotopic (exact) mass is 292 g/mol. The molecule has 0 radical (unpaired) electrons. The fourth-order valence-electron chi connectivity index (χ4n) is 2.60. The first-order valence-electron chi connectivity index (χ1n) is 7.03. The van der Waals surface area contributed by atoms with Crippen LogP contribution in [0.15, 0.2) is 60.7 Å². The number of fused-ring (bicyclic) bond motifs is 1. The van der Waals surface area contributed by atoms with Crippen LogP contribution in [0.5, 0.6) is 5.75 Å². The van der Waals surface area contributed by atoms with Crippen molar-refractivity contribution in [1.29, 1.82) is 0 Å². The van der Waals surface area contributed by atoms with Gasteiger partial charge in [0.05, 0.1) is 0 Å². The number of benzene rings is 3.